The van der Waals surface area contributed by atoms with Gasteiger partial charge in [0, 0.05) is 38.1 Å². The van der Waals surface area contributed by atoms with Crippen molar-refractivity contribution in [2.75, 3.05) is 26.2 Å². The molecule has 2 aromatic heterocycles. The van der Waals surface area contributed by atoms with Crippen LogP contribution in [0, 0.1) is 0 Å². The lowest BCUT2D eigenvalue weighted by Gasteiger charge is -2.33. The quantitative estimate of drug-likeness (QED) is 0.806. The van der Waals surface area contributed by atoms with E-state index in [0.717, 1.165) is 42.9 Å². The van der Waals surface area contributed by atoms with Crippen LogP contribution in [0.3, 0.4) is 0 Å². The highest BCUT2D eigenvalue weighted by molar-refractivity contribution is 5.86. The summed E-state index contributed by atoms with van der Waals surface area (Å²) in [6.07, 6.45) is 8.41. The number of amides is 2. The van der Waals surface area contributed by atoms with Crippen molar-refractivity contribution in [3.63, 3.8) is 0 Å². The fraction of sp³-hybridized carbons (Fsp3) is 0.545. The smallest absolute Gasteiger partial charge is 0.237 e. The van der Waals surface area contributed by atoms with Crippen molar-refractivity contribution in [1.82, 2.24) is 29.9 Å². The number of rotatable bonds is 5. The minimum atomic E-state index is -0.466. The number of pyridine rings is 1. The summed E-state index contributed by atoms with van der Waals surface area (Å²) in [5, 5.41) is 7.49. The second kappa shape index (κ2) is 9.38. The number of aromatic nitrogens is 3. The third-order valence-corrected chi connectivity index (χ3v) is 5.93. The maximum atomic E-state index is 13.1. The molecule has 1 fully saturated rings. The highest BCUT2D eigenvalue weighted by atomic mass is 16.2. The third kappa shape index (κ3) is 4.87. The molecule has 2 amide bonds. The van der Waals surface area contributed by atoms with Crippen LogP contribution in [0.2, 0.25) is 0 Å². The molecule has 2 aromatic rings. The predicted octanol–water partition coefficient (Wildman–Crippen LogP) is 1.43. The Morgan fingerprint density at radius 3 is 2.70 bits per heavy atom. The van der Waals surface area contributed by atoms with Crippen LogP contribution >= 0.6 is 0 Å². The number of fused-ring (bicyclic) bond motifs is 1. The van der Waals surface area contributed by atoms with Crippen LogP contribution in [0.5, 0.6) is 0 Å². The van der Waals surface area contributed by atoms with Gasteiger partial charge in [-0.15, -0.1) is 0 Å². The molecular formula is C22H30N6O2. The molecule has 2 aliphatic heterocycles. The van der Waals surface area contributed by atoms with Gasteiger partial charge in [0.2, 0.25) is 11.8 Å². The number of carbonyl (C=O) groups is 2. The molecule has 8 nitrogen and oxygen atoms in total. The summed E-state index contributed by atoms with van der Waals surface area (Å²) in [6.45, 7) is 3.62. The van der Waals surface area contributed by atoms with Gasteiger partial charge in [-0.2, -0.15) is 5.10 Å². The van der Waals surface area contributed by atoms with Gasteiger partial charge in [0.1, 0.15) is 0 Å². The van der Waals surface area contributed by atoms with Crippen molar-refractivity contribution in [1.29, 1.82) is 0 Å². The van der Waals surface area contributed by atoms with Gasteiger partial charge >= 0.3 is 0 Å². The average molecular weight is 411 g/mol. The van der Waals surface area contributed by atoms with E-state index in [4.69, 9.17) is 0 Å². The number of hydrogen-bond acceptors (Lipinski definition) is 5. The number of carbonyl (C=O) groups excluding carboxylic acids is 2. The van der Waals surface area contributed by atoms with Crippen LogP contribution < -0.4 is 5.32 Å². The minimum absolute atomic E-state index is 0.0916. The predicted molar refractivity (Wildman–Crippen MR) is 112 cm³/mol. The molecule has 1 saturated heterocycles. The van der Waals surface area contributed by atoms with Crippen LogP contribution in [0.1, 0.15) is 48.6 Å². The van der Waals surface area contributed by atoms with E-state index in [1.165, 1.54) is 12.8 Å². The Morgan fingerprint density at radius 1 is 1.17 bits per heavy atom. The topological polar surface area (TPSA) is 83.4 Å². The number of nitrogens with one attached hydrogen (secondary N) is 1. The Kier molecular flexibility index (Phi) is 6.42. The zero-order valence-corrected chi connectivity index (χ0v) is 17.6. The molecule has 0 bridgehead atoms. The second-order valence-corrected chi connectivity index (χ2v) is 8.27. The molecule has 0 spiro atoms. The van der Waals surface area contributed by atoms with E-state index in [-0.39, 0.29) is 11.8 Å². The molecule has 1 unspecified atom stereocenters. The number of hydrogen-bond donors (Lipinski definition) is 1. The van der Waals surface area contributed by atoms with Crippen molar-refractivity contribution < 1.29 is 9.59 Å². The Hall–Kier alpha value is -2.74. The van der Waals surface area contributed by atoms with Crippen LogP contribution in [-0.2, 0) is 29.7 Å². The first-order valence-electron chi connectivity index (χ1n) is 10.8. The third-order valence-electron chi connectivity index (χ3n) is 5.93. The van der Waals surface area contributed by atoms with Gasteiger partial charge in [0.15, 0.2) is 0 Å². The van der Waals surface area contributed by atoms with Crippen LogP contribution in [0.25, 0.3) is 0 Å². The first-order valence-corrected chi connectivity index (χ1v) is 10.8. The van der Waals surface area contributed by atoms with E-state index in [2.05, 4.69) is 20.3 Å². The second-order valence-electron chi connectivity index (χ2n) is 8.27. The first kappa shape index (κ1) is 20.5. The molecule has 30 heavy (non-hydrogen) atoms. The Labute approximate surface area is 177 Å². The van der Waals surface area contributed by atoms with Gasteiger partial charge in [-0.1, -0.05) is 18.9 Å². The lowest BCUT2D eigenvalue weighted by Crippen LogP contribution is -2.47. The number of nitrogens with zero attached hydrogens (tertiary/aromatic N) is 5. The summed E-state index contributed by atoms with van der Waals surface area (Å²) in [6, 6.07) is 5.62. The van der Waals surface area contributed by atoms with Crippen LogP contribution in [-0.4, -0.2) is 62.6 Å². The van der Waals surface area contributed by atoms with Crippen LogP contribution in [0.4, 0.5) is 0 Å². The monoisotopic (exact) mass is 410 g/mol. The Morgan fingerprint density at radius 2 is 1.97 bits per heavy atom. The highest BCUT2D eigenvalue weighted by Crippen LogP contribution is 2.27. The summed E-state index contributed by atoms with van der Waals surface area (Å²) >= 11 is 0. The van der Waals surface area contributed by atoms with Crippen molar-refractivity contribution in [2.45, 2.75) is 44.7 Å². The zero-order valence-electron chi connectivity index (χ0n) is 17.6. The average Bonchev–Trinajstić information content (AvgIpc) is 2.95. The van der Waals surface area contributed by atoms with Gasteiger partial charge in [0.25, 0.3) is 0 Å². The van der Waals surface area contributed by atoms with Gasteiger partial charge in [0.05, 0.1) is 30.4 Å². The lowest BCUT2D eigenvalue weighted by atomic mass is 9.95. The molecule has 0 aromatic carbocycles. The maximum absolute atomic E-state index is 13.1. The maximum Gasteiger partial charge on any atom is 0.237 e. The van der Waals surface area contributed by atoms with Crippen molar-refractivity contribution in [3.8, 4) is 0 Å². The van der Waals surface area contributed by atoms with Crippen molar-refractivity contribution in [2.24, 2.45) is 7.05 Å². The summed E-state index contributed by atoms with van der Waals surface area (Å²) < 4.78 is 1.73. The van der Waals surface area contributed by atoms with E-state index in [9.17, 15) is 9.59 Å². The molecule has 1 N–H and O–H groups in total. The van der Waals surface area contributed by atoms with E-state index in [1.54, 1.807) is 10.9 Å². The number of aryl methyl sites for hydroxylation is 1. The van der Waals surface area contributed by atoms with Gasteiger partial charge in [-0.25, -0.2) is 0 Å². The molecule has 8 heteroatoms. The fourth-order valence-electron chi connectivity index (χ4n) is 4.33. The standard InChI is InChI=1S/C22H30N6O2/c1-26-13-17-14-28(20(29)16-27-10-6-2-3-7-11-27)15-19(21(17)25-26)22(30)24-12-18-8-4-5-9-23-18/h4-5,8-9,13,19H,2-3,6-7,10-12,14-16H2,1H3,(H,24,30). The summed E-state index contributed by atoms with van der Waals surface area (Å²) in [7, 11) is 1.85. The van der Waals surface area contributed by atoms with Crippen LogP contribution in [0.15, 0.2) is 30.6 Å². The van der Waals surface area contributed by atoms with Gasteiger partial charge in [-0.3, -0.25) is 24.2 Å². The highest BCUT2D eigenvalue weighted by Gasteiger charge is 2.35. The van der Waals surface area contributed by atoms with E-state index < -0.39 is 5.92 Å². The molecule has 2 aliphatic rings. The normalized spacial score (nSPS) is 19.8. The van der Waals surface area contributed by atoms with Gasteiger partial charge < -0.3 is 10.2 Å². The molecule has 160 valence electrons. The minimum Gasteiger partial charge on any atom is -0.350 e. The van der Waals surface area contributed by atoms with E-state index >= 15 is 0 Å². The Balaban J connectivity index is 1.44. The summed E-state index contributed by atoms with van der Waals surface area (Å²) in [5.41, 5.74) is 2.53. The lowest BCUT2D eigenvalue weighted by molar-refractivity contribution is -0.134. The molecule has 0 aliphatic carbocycles. The molecule has 4 rings (SSSR count). The van der Waals surface area contributed by atoms with E-state index in [0.29, 0.717) is 26.2 Å². The first-order chi connectivity index (χ1) is 14.6. The SMILES string of the molecule is Cn1cc2c(n1)C(C(=O)NCc1ccccn1)CN(C(=O)CN1CCCCCC1)C2. The van der Waals surface area contributed by atoms with Crippen molar-refractivity contribution >= 4 is 11.8 Å². The number of likely N-dealkylation sites (tertiary alicyclic amines) is 1. The zero-order chi connectivity index (χ0) is 20.9. The van der Waals surface area contributed by atoms with Gasteiger partial charge in [-0.05, 0) is 38.1 Å². The van der Waals surface area contributed by atoms with E-state index in [1.807, 2.05) is 36.3 Å². The Bertz CT molecular complexity index is 873. The molecule has 0 radical (unpaired) electrons. The molecular weight excluding hydrogens is 380 g/mol. The molecule has 4 heterocycles. The molecule has 0 saturated carbocycles. The largest absolute Gasteiger partial charge is 0.350 e. The van der Waals surface area contributed by atoms with Crippen molar-refractivity contribution in [3.05, 3.63) is 47.5 Å². The summed E-state index contributed by atoms with van der Waals surface area (Å²) in [4.78, 5) is 34.4. The summed E-state index contributed by atoms with van der Waals surface area (Å²) in [5.74, 6) is -0.492. The fourth-order valence-corrected chi connectivity index (χ4v) is 4.33. The molecule has 1 atom stereocenters.